The van der Waals surface area contributed by atoms with E-state index in [1.54, 1.807) is 0 Å². The van der Waals surface area contributed by atoms with Crippen LogP contribution in [0.15, 0.2) is 89.1 Å². The molecule has 5 rings (SSSR count). The molecule has 1 N–H and O–H groups in total. The summed E-state index contributed by atoms with van der Waals surface area (Å²) in [7, 11) is 0. The first kappa shape index (κ1) is 22.0. The second-order valence-corrected chi connectivity index (χ2v) is 9.04. The molecule has 0 amide bonds. The molecule has 6 heteroatoms. The smallest absolute Gasteiger partial charge is 0.258 e. The normalized spacial score (nSPS) is 16.0. The first-order valence-corrected chi connectivity index (χ1v) is 11.7. The Hall–Kier alpha value is -3.77. The quantitative estimate of drug-likeness (QED) is 0.353. The second-order valence-electron chi connectivity index (χ2n) is 8.65. The molecular weight excluding hydrogens is 440 g/mol. The van der Waals surface area contributed by atoms with Gasteiger partial charge in [0.2, 0.25) is 5.82 Å². The van der Waals surface area contributed by atoms with E-state index in [1.165, 1.54) is 16.7 Å². The van der Waals surface area contributed by atoms with E-state index in [1.807, 2.05) is 30.3 Å². The molecule has 1 aromatic heterocycles. The van der Waals surface area contributed by atoms with Gasteiger partial charge < -0.3 is 14.7 Å². The van der Waals surface area contributed by atoms with Crippen molar-refractivity contribution < 1.29 is 4.52 Å². The van der Waals surface area contributed by atoms with Crippen LogP contribution in [0.2, 0.25) is 0 Å². The molecule has 1 atom stereocenters. The monoisotopic (exact) mass is 466 g/mol. The molecule has 1 aliphatic heterocycles. The zero-order valence-electron chi connectivity index (χ0n) is 19.4. The minimum atomic E-state index is -0.188. The van der Waals surface area contributed by atoms with E-state index in [2.05, 4.69) is 84.7 Å². The Morgan fingerprint density at radius 1 is 0.882 bits per heavy atom. The number of nitrogens with zero attached hydrogens (tertiary/aromatic N) is 3. The summed E-state index contributed by atoms with van der Waals surface area (Å²) in [6.45, 7) is 6.90. The van der Waals surface area contributed by atoms with Crippen LogP contribution in [-0.2, 0) is 6.54 Å². The summed E-state index contributed by atoms with van der Waals surface area (Å²) >= 11 is 5.83. The van der Waals surface area contributed by atoms with Crippen molar-refractivity contribution >= 4 is 22.9 Å². The Morgan fingerprint density at radius 2 is 1.53 bits per heavy atom. The molecule has 0 saturated carbocycles. The van der Waals surface area contributed by atoms with Crippen LogP contribution in [-0.4, -0.2) is 20.2 Å². The molecule has 0 fully saturated rings. The van der Waals surface area contributed by atoms with Gasteiger partial charge in [-0.3, -0.25) is 0 Å². The fraction of sp³-hybridized carbons (Fsp3) is 0.179. The minimum absolute atomic E-state index is 0.188. The van der Waals surface area contributed by atoms with Gasteiger partial charge in [-0.1, -0.05) is 95.1 Å². The minimum Gasteiger partial charge on any atom is -0.351 e. The molecule has 4 aromatic rings. The Morgan fingerprint density at radius 3 is 2.21 bits per heavy atom. The van der Waals surface area contributed by atoms with Crippen LogP contribution in [0.4, 0.5) is 0 Å². The molecule has 34 heavy (non-hydrogen) atoms. The zero-order valence-corrected chi connectivity index (χ0v) is 20.3. The standard InChI is InChI=1S/C28H26N4OS/c1-18-9-13-21(14-10-18)17-32-20(3)24(25(29-28(32)34)22-15-11-19(2)12-16-22)27-30-26(31-33-27)23-7-5-4-6-8-23/h4-16,25H,17H2,1-3H3,(H,29,34). The van der Waals surface area contributed by atoms with Crippen molar-refractivity contribution in [1.82, 2.24) is 20.4 Å². The van der Waals surface area contributed by atoms with Crippen molar-refractivity contribution in [3.63, 3.8) is 0 Å². The topological polar surface area (TPSA) is 54.2 Å². The molecule has 0 spiro atoms. The Labute approximate surface area is 205 Å². The average molecular weight is 467 g/mol. The molecule has 5 nitrogen and oxygen atoms in total. The second kappa shape index (κ2) is 9.23. The highest BCUT2D eigenvalue weighted by Gasteiger charge is 2.34. The van der Waals surface area contributed by atoms with Gasteiger partial charge >= 0.3 is 0 Å². The number of allylic oxidation sites excluding steroid dienone is 1. The Kier molecular flexibility index (Phi) is 5.99. The third-order valence-corrected chi connectivity index (χ3v) is 6.49. The molecule has 0 saturated heterocycles. The maximum atomic E-state index is 5.83. The number of aryl methyl sites for hydroxylation is 2. The van der Waals surface area contributed by atoms with Gasteiger partial charge in [-0.15, -0.1) is 0 Å². The SMILES string of the molecule is CC1=C(c2nc(-c3ccccc3)no2)C(c2ccc(C)cc2)NC(=S)N1Cc1ccc(C)cc1. The number of benzene rings is 3. The van der Waals surface area contributed by atoms with Crippen LogP contribution in [0.1, 0.15) is 41.1 Å². The number of thiocarbonyl (C=S) groups is 1. The molecule has 3 aromatic carbocycles. The first-order chi connectivity index (χ1) is 16.5. The van der Waals surface area contributed by atoms with E-state index >= 15 is 0 Å². The van der Waals surface area contributed by atoms with Crippen molar-refractivity contribution in [2.75, 3.05) is 0 Å². The molecular formula is C28H26N4OS. The van der Waals surface area contributed by atoms with Crippen LogP contribution in [0.5, 0.6) is 0 Å². The van der Waals surface area contributed by atoms with E-state index in [-0.39, 0.29) is 6.04 Å². The highest BCUT2D eigenvalue weighted by atomic mass is 32.1. The third kappa shape index (κ3) is 4.37. The molecule has 0 bridgehead atoms. The van der Waals surface area contributed by atoms with Gasteiger partial charge in [0.05, 0.1) is 11.6 Å². The van der Waals surface area contributed by atoms with E-state index < -0.39 is 0 Å². The average Bonchev–Trinajstić information content (AvgIpc) is 3.33. The number of nitrogens with one attached hydrogen (secondary N) is 1. The number of aromatic nitrogens is 2. The summed E-state index contributed by atoms with van der Waals surface area (Å²) in [5, 5.41) is 8.49. The zero-order chi connectivity index (χ0) is 23.7. The highest BCUT2D eigenvalue weighted by Crippen LogP contribution is 2.38. The molecule has 170 valence electrons. The van der Waals surface area contributed by atoms with Crippen molar-refractivity contribution in [3.8, 4) is 11.4 Å². The lowest BCUT2D eigenvalue weighted by Gasteiger charge is -2.37. The lowest BCUT2D eigenvalue weighted by molar-refractivity contribution is 0.396. The van der Waals surface area contributed by atoms with Crippen molar-refractivity contribution in [2.45, 2.75) is 33.4 Å². The van der Waals surface area contributed by atoms with Gasteiger partial charge in [0.1, 0.15) is 0 Å². The number of hydrogen-bond acceptors (Lipinski definition) is 4. The molecule has 0 aliphatic carbocycles. The Bertz CT molecular complexity index is 1340. The lowest BCUT2D eigenvalue weighted by Crippen LogP contribution is -2.45. The maximum Gasteiger partial charge on any atom is 0.258 e. The van der Waals surface area contributed by atoms with Crippen LogP contribution in [0, 0.1) is 13.8 Å². The van der Waals surface area contributed by atoms with Crippen LogP contribution in [0.3, 0.4) is 0 Å². The summed E-state index contributed by atoms with van der Waals surface area (Å²) in [6, 6.07) is 26.6. The van der Waals surface area contributed by atoms with Crippen molar-refractivity contribution in [1.29, 1.82) is 0 Å². The number of rotatable bonds is 5. The van der Waals surface area contributed by atoms with Gasteiger partial charge in [0.25, 0.3) is 5.89 Å². The summed E-state index contributed by atoms with van der Waals surface area (Å²) in [4.78, 5) is 6.88. The van der Waals surface area contributed by atoms with Crippen LogP contribution in [0.25, 0.3) is 17.0 Å². The first-order valence-electron chi connectivity index (χ1n) is 11.3. The van der Waals surface area contributed by atoms with Gasteiger partial charge in [0, 0.05) is 17.8 Å². The molecule has 0 radical (unpaired) electrons. The van der Waals surface area contributed by atoms with Crippen molar-refractivity contribution in [2.24, 2.45) is 0 Å². The van der Waals surface area contributed by atoms with Crippen LogP contribution < -0.4 is 5.32 Å². The largest absolute Gasteiger partial charge is 0.351 e. The lowest BCUT2D eigenvalue weighted by atomic mass is 9.94. The predicted octanol–water partition coefficient (Wildman–Crippen LogP) is 6.22. The summed E-state index contributed by atoms with van der Waals surface area (Å²) in [5.74, 6) is 1.06. The van der Waals surface area contributed by atoms with E-state index in [0.29, 0.717) is 23.4 Å². The fourth-order valence-electron chi connectivity index (χ4n) is 4.17. The summed E-state index contributed by atoms with van der Waals surface area (Å²) < 4.78 is 5.83. The Balaban J connectivity index is 1.59. The third-order valence-electron chi connectivity index (χ3n) is 6.16. The predicted molar refractivity (Wildman–Crippen MR) is 139 cm³/mol. The van der Waals surface area contributed by atoms with E-state index in [9.17, 15) is 0 Å². The van der Waals surface area contributed by atoms with Gasteiger partial charge in [0.15, 0.2) is 5.11 Å². The van der Waals surface area contributed by atoms with E-state index in [4.69, 9.17) is 21.7 Å². The van der Waals surface area contributed by atoms with E-state index in [0.717, 1.165) is 22.4 Å². The highest BCUT2D eigenvalue weighted by molar-refractivity contribution is 7.80. The van der Waals surface area contributed by atoms with Crippen molar-refractivity contribution in [3.05, 3.63) is 113 Å². The fourth-order valence-corrected chi connectivity index (χ4v) is 4.49. The molecule has 1 unspecified atom stereocenters. The van der Waals surface area contributed by atoms with Gasteiger partial charge in [-0.05, 0) is 44.1 Å². The van der Waals surface area contributed by atoms with Crippen LogP contribution >= 0.6 is 12.2 Å². The number of hydrogen-bond donors (Lipinski definition) is 1. The summed E-state index contributed by atoms with van der Waals surface area (Å²) in [6.07, 6.45) is 0. The molecule has 1 aliphatic rings. The van der Waals surface area contributed by atoms with Gasteiger partial charge in [-0.25, -0.2) is 0 Å². The summed E-state index contributed by atoms with van der Waals surface area (Å²) in [5.41, 5.74) is 7.55. The van der Waals surface area contributed by atoms with Gasteiger partial charge in [-0.2, -0.15) is 4.98 Å². The maximum absolute atomic E-state index is 5.83. The molecule has 2 heterocycles.